The molecule has 2 rings (SSSR count). The Morgan fingerprint density at radius 1 is 1.00 bits per heavy atom. The smallest absolute Gasteiger partial charge is 0.0581 e. The average Bonchev–Trinajstić information content (AvgIpc) is 2.40. The Bertz CT molecular complexity index is 604. The molecule has 1 unspecified atom stereocenters. The van der Waals surface area contributed by atoms with Gasteiger partial charge in [-0.2, -0.15) is 0 Å². The van der Waals surface area contributed by atoms with Crippen LogP contribution in [0.3, 0.4) is 0 Å². The number of benzene rings is 2. The van der Waals surface area contributed by atoms with E-state index in [4.69, 9.17) is 11.6 Å². The van der Waals surface area contributed by atoms with Crippen LogP contribution < -0.4 is 5.32 Å². The first-order valence-corrected chi connectivity index (χ1v) is 7.48. The van der Waals surface area contributed by atoms with Gasteiger partial charge in [0.2, 0.25) is 0 Å². The zero-order valence-corrected chi connectivity index (χ0v) is 13.4. The molecule has 20 heavy (non-hydrogen) atoms. The molecule has 0 heterocycles. The molecule has 0 aliphatic heterocycles. The lowest BCUT2D eigenvalue weighted by Gasteiger charge is -2.23. The van der Waals surface area contributed by atoms with Crippen LogP contribution in [0.25, 0.3) is 0 Å². The average molecular weight is 288 g/mol. The summed E-state index contributed by atoms with van der Waals surface area (Å²) in [5.74, 6) is 0. The Labute approximate surface area is 127 Å². The minimum Gasteiger partial charge on any atom is -0.307 e. The van der Waals surface area contributed by atoms with Gasteiger partial charge in [-0.3, -0.25) is 0 Å². The van der Waals surface area contributed by atoms with Gasteiger partial charge in [0, 0.05) is 5.02 Å². The number of halogens is 1. The molecule has 1 N–H and O–H groups in total. The fourth-order valence-corrected chi connectivity index (χ4v) is 2.87. The van der Waals surface area contributed by atoms with Crippen molar-refractivity contribution in [3.8, 4) is 0 Å². The summed E-state index contributed by atoms with van der Waals surface area (Å²) in [4.78, 5) is 0. The van der Waals surface area contributed by atoms with Crippen LogP contribution in [0.5, 0.6) is 0 Å². The van der Waals surface area contributed by atoms with E-state index in [1.54, 1.807) is 0 Å². The van der Waals surface area contributed by atoms with Crippen LogP contribution in [0.4, 0.5) is 0 Å². The van der Waals surface area contributed by atoms with Gasteiger partial charge in [0.1, 0.15) is 0 Å². The Morgan fingerprint density at radius 2 is 1.75 bits per heavy atom. The van der Waals surface area contributed by atoms with Crippen molar-refractivity contribution in [1.82, 2.24) is 5.32 Å². The molecule has 2 aromatic rings. The van der Waals surface area contributed by atoms with E-state index in [1.807, 2.05) is 12.1 Å². The summed E-state index contributed by atoms with van der Waals surface area (Å²) in [5.41, 5.74) is 6.55. The molecule has 0 amide bonds. The standard InChI is InChI=1S/C18H22ClN/c1-5-20-18(16-10-9-15(19)11-13(16)3)17-8-6-7-12(2)14(17)4/h6-11,18,20H,5H2,1-4H3. The second-order valence-corrected chi connectivity index (χ2v) is 5.72. The van der Waals surface area contributed by atoms with Crippen molar-refractivity contribution in [3.63, 3.8) is 0 Å². The van der Waals surface area contributed by atoms with Gasteiger partial charge in [-0.25, -0.2) is 0 Å². The highest BCUT2D eigenvalue weighted by Crippen LogP contribution is 2.29. The van der Waals surface area contributed by atoms with E-state index in [9.17, 15) is 0 Å². The molecule has 0 saturated heterocycles. The molecule has 0 radical (unpaired) electrons. The van der Waals surface area contributed by atoms with E-state index < -0.39 is 0 Å². The second-order valence-electron chi connectivity index (χ2n) is 5.28. The van der Waals surface area contributed by atoms with Crippen LogP contribution >= 0.6 is 11.6 Å². The zero-order chi connectivity index (χ0) is 14.7. The third-order valence-corrected chi connectivity index (χ3v) is 4.14. The number of hydrogen-bond acceptors (Lipinski definition) is 1. The van der Waals surface area contributed by atoms with E-state index in [-0.39, 0.29) is 6.04 Å². The van der Waals surface area contributed by atoms with Crippen LogP contribution in [0, 0.1) is 20.8 Å². The summed E-state index contributed by atoms with van der Waals surface area (Å²) in [6.07, 6.45) is 0. The van der Waals surface area contributed by atoms with Crippen molar-refractivity contribution in [2.75, 3.05) is 6.54 Å². The van der Waals surface area contributed by atoms with Crippen LogP contribution in [-0.4, -0.2) is 6.54 Å². The van der Waals surface area contributed by atoms with E-state index >= 15 is 0 Å². The molecule has 0 aliphatic rings. The van der Waals surface area contributed by atoms with Crippen molar-refractivity contribution >= 4 is 11.6 Å². The summed E-state index contributed by atoms with van der Waals surface area (Å²) >= 11 is 6.08. The fourth-order valence-electron chi connectivity index (χ4n) is 2.64. The van der Waals surface area contributed by atoms with Crippen molar-refractivity contribution in [2.24, 2.45) is 0 Å². The predicted octanol–water partition coefficient (Wildman–Crippen LogP) is 4.96. The molecule has 0 spiro atoms. The highest BCUT2D eigenvalue weighted by Gasteiger charge is 2.17. The molecule has 0 bridgehead atoms. The van der Waals surface area contributed by atoms with Crippen LogP contribution in [0.2, 0.25) is 5.02 Å². The van der Waals surface area contributed by atoms with Gasteiger partial charge in [-0.15, -0.1) is 0 Å². The van der Waals surface area contributed by atoms with Crippen molar-refractivity contribution in [3.05, 3.63) is 69.2 Å². The molecule has 1 atom stereocenters. The van der Waals surface area contributed by atoms with Gasteiger partial charge in [-0.1, -0.05) is 42.8 Å². The van der Waals surface area contributed by atoms with E-state index in [0.717, 1.165) is 11.6 Å². The first kappa shape index (κ1) is 15.1. The third-order valence-electron chi connectivity index (χ3n) is 3.91. The zero-order valence-electron chi connectivity index (χ0n) is 12.6. The molecule has 0 aromatic heterocycles. The monoisotopic (exact) mass is 287 g/mol. The molecule has 1 nitrogen and oxygen atoms in total. The molecule has 0 aliphatic carbocycles. The van der Waals surface area contributed by atoms with Crippen molar-refractivity contribution < 1.29 is 0 Å². The molecule has 106 valence electrons. The minimum atomic E-state index is 0.220. The van der Waals surface area contributed by atoms with E-state index in [0.29, 0.717) is 0 Å². The van der Waals surface area contributed by atoms with Gasteiger partial charge < -0.3 is 5.32 Å². The van der Waals surface area contributed by atoms with E-state index in [1.165, 1.54) is 27.8 Å². The molecular weight excluding hydrogens is 266 g/mol. The summed E-state index contributed by atoms with van der Waals surface area (Å²) in [5, 5.41) is 4.39. The Kier molecular flexibility index (Phi) is 4.85. The second kappa shape index (κ2) is 6.43. The lowest BCUT2D eigenvalue weighted by Crippen LogP contribution is -2.23. The Morgan fingerprint density at radius 3 is 2.40 bits per heavy atom. The largest absolute Gasteiger partial charge is 0.307 e. The van der Waals surface area contributed by atoms with Gasteiger partial charge in [0.05, 0.1) is 6.04 Å². The van der Waals surface area contributed by atoms with Crippen molar-refractivity contribution in [1.29, 1.82) is 0 Å². The summed E-state index contributed by atoms with van der Waals surface area (Å²) in [6.45, 7) is 9.55. The SMILES string of the molecule is CCNC(c1ccc(Cl)cc1C)c1cccc(C)c1C. The first-order valence-electron chi connectivity index (χ1n) is 7.10. The van der Waals surface area contributed by atoms with Crippen LogP contribution in [0.15, 0.2) is 36.4 Å². The topological polar surface area (TPSA) is 12.0 Å². The Balaban J connectivity index is 2.53. The lowest BCUT2D eigenvalue weighted by atomic mass is 9.90. The molecule has 2 heteroatoms. The highest BCUT2D eigenvalue weighted by molar-refractivity contribution is 6.30. The molecule has 0 saturated carbocycles. The maximum atomic E-state index is 6.08. The van der Waals surface area contributed by atoms with E-state index in [2.05, 4.69) is 57.3 Å². The predicted molar refractivity (Wildman–Crippen MR) is 87.6 cm³/mol. The Hall–Kier alpha value is -1.31. The van der Waals surface area contributed by atoms with Gasteiger partial charge in [-0.05, 0) is 67.3 Å². The number of aryl methyl sites for hydroxylation is 2. The minimum absolute atomic E-state index is 0.220. The number of nitrogens with one attached hydrogen (secondary N) is 1. The van der Waals surface area contributed by atoms with Crippen LogP contribution in [0.1, 0.15) is 40.8 Å². The normalized spacial score (nSPS) is 12.4. The van der Waals surface area contributed by atoms with Crippen LogP contribution in [-0.2, 0) is 0 Å². The molecule has 0 fully saturated rings. The summed E-state index contributed by atoms with van der Waals surface area (Å²) in [6, 6.07) is 12.9. The highest BCUT2D eigenvalue weighted by atomic mass is 35.5. The quantitative estimate of drug-likeness (QED) is 0.838. The summed E-state index contributed by atoms with van der Waals surface area (Å²) in [7, 11) is 0. The molecule has 2 aromatic carbocycles. The molecular formula is C18H22ClN. The first-order chi connectivity index (χ1) is 9.54. The van der Waals surface area contributed by atoms with Crippen molar-refractivity contribution in [2.45, 2.75) is 33.7 Å². The number of rotatable bonds is 4. The summed E-state index contributed by atoms with van der Waals surface area (Å²) < 4.78 is 0. The fraction of sp³-hybridized carbons (Fsp3) is 0.333. The van der Waals surface area contributed by atoms with Gasteiger partial charge >= 0.3 is 0 Å². The lowest BCUT2D eigenvalue weighted by molar-refractivity contribution is 0.624. The third kappa shape index (κ3) is 3.05. The van der Waals surface area contributed by atoms with Gasteiger partial charge in [0.15, 0.2) is 0 Å². The van der Waals surface area contributed by atoms with Gasteiger partial charge in [0.25, 0.3) is 0 Å². The number of hydrogen-bond donors (Lipinski definition) is 1. The maximum absolute atomic E-state index is 6.08. The maximum Gasteiger partial charge on any atom is 0.0581 e.